The minimum absolute atomic E-state index is 0. The van der Waals surface area contributed by atoms with Crippen LogP contribution in [0.5, 0.6) is 0 Å². The van der Waals surface area contributed by atoms with E-state index >= 15 is 0 Å². The first-order valence-electron chi connectivity index (χ1n) is 36.0. The third kappa shape index (κ3) is 36.8. The molecule has 0 unspecified atom stereocenters. The topological polar surface area (TPSA) is 114 Å². The van der Waals surface area contributed by atoms with E-state index in [1.165, 1.54) is 257 Å². The molecule has 0 radical (unpaired) electrons. The SMILES string of the molecule is CCCCCCCCCCCCCCc1c(S(=O)(=O)[O-])cc2ccccc2c1CCCCCCCCCCCCCC.CCCCCCCCCCCCCCc1c(S(=O)(=O)[O-])cc2ccccc2c1CCCCCCCCCCCCCC.[Ca+2]. The summed E-state index contributed by atoms with van der Waals surface area (Å²) in [7, 11) is -9.04. The van der Waals surface area contributed by atoms with Crippen LogP contribution in [-0.4, -0.2) is 63.7 Å². The first-order valence-corrected chi connectivity index (χ1v) is 38.8. The van der Waals surface area contributed by atoms with Gasteiger partial charge in [-0.15, -0.1) is 0 Å². The van der Waals surface area contributed by atoms with E-state index < -0.39 is 20.2 Å². The summed E-state index contributed by atoms with van der Waals surface area (Å²) in [4.78, 5) is 0.0522. The molecular formula is C76H126CaO6S2. The molecule has 0 atom stereocenters. The molecule has 6 nitrogen and oxygen atoms in total. The Hall–Kier alpha value is -1.52. The van der Waals surface area contributed by atoms with Crippen LogP contribution in [0.15, 0.2) is 70.5 Å². The molecule has 4 aromatic carbocycles. The largest absolute Gasteiger partial charge is 2.00 e. The van der Waals surface area contributed by atoms with Gasteiger partial charge in [0.2, 0.25) is 0 Å². The second kappa shape index (κ2) is 52.1. The molecule has 0 saturated carbocycles. The molecule has 480 valence electrons. The van der Waals surface area contributed by atoms with Gasteiger partial charge in [0.25, 0.3) is 0 Å². The Morgan fingerprint density at radius 1 is 0.259 bits per heavy atom. The fraction of sp³-hybridized carbons (Fsp3) is 0.737. The van der Waals surface area contributed by atoms with Gasteiger partial charge >= 0.3 is 37.7 Å². The van der Waals surface area contributed by atoms with Crippen molar-refractivity contribution in [3.8, 4) is 0 Å². The number of unbranched alkanes of at least 4 members (excludes halogenated alkanes) is 44. The van der Waals surface area contributed by atoms with E-state index in [0.29, 0.717) is 12.8 Å². The third-order valence-corrected chi connectivity index (χ3v) is 19.9. The molecule has 0 aliphatic carbocycles. The van der Waals surface area contributed by atoms with Crippen LogP contribution in [0, 0.1) is 0 Å². The summed E-state index contributed by atoms with van der Waals surface area (Å²) in [6, 6.07) is 19.3. The fourth-order valence-electron chi connectivity index (χ4n) is 13.0. The van der Waals surface area contributed by atoms with Crippen LogP contribution in [0.3, 0.4) is 0 Å². The van der Waals surface area contributed by atoms with Crippen molar-refractivity contribution < 1.29 is 25.9 Å². The molecule has 0 aliphatic heterocycles. The molecule has 0 heterocycles. The van der Waals surface area contributed by atoms with Gasteiger partial charge in [-0.1, -0.05) is 359 Å². The monoisotopic (exact) mass is 1240 g/mol. The molecular weight excluding hydrogens is 1110 g/mol. The fourth-order valence-corrected chi connectivity index (χ4v) is 14.6. The van der Waals surface area contributed by atoms with E-state index in [-0.39, 0.29) is 47.5 Å². The van der Waals surface area contributed by atoms with Crippen molar-refractivity contribution in [3.63, 3.8) is 0 Å². The molecule has 85 heavy (non-hydrogen) atoms. The second-order valence-electron chi connectivity index (χ2n) is 25.6. The predicted octanol–water partition coefficient (Wildman–Crippen LogP) is 24.1. The average molecular weight is 1240 g/mol. The van der Waals surface area contributed by atoms with Gasteiger partial charge < -0.3 is 9.11 Å². The molecule has 0 saturated heterocycles. The molecule has 0 aliphatic rings. The first-order chi connectivity index (χ1) is 41.0. The molecule has 0 aromatic heterocycles. The van der Waals surface area contributed by atoms with Gasteiger partial charge in [-0.25, -0.2) is 16.8 Å². The molecule has 0 N–H and O–H groups in total. The summed E-state index contributed by atoms with van der Waals surface area (Å²) in [5.41, 5.74) is 3.83. The summed E-state index contributed by atoms with van der Waals surface area (Å²) in [6.45, 7) is 9.07. The maximum Gasteiger partial charge on any atom is 2.00 e. The van der Waals surface area contributed by atoms with Gasteiger partial charge in [-0.3, -0.25) is 0 Å². The summed E-state index contributed by atoms with van der Waals surface area (Å²) in [5.74, 6) is 0. The van der Waals surface area contributed by atoms with Crippen LogP contribution in [-0.2, 0) is 45.9 Å². The van der Waals surface area contributed by atoms with Crippen molar-refractivity contribution in [2.45, 2.75) is 371 Å². The summed E-state index contributed by atoms with van der Waals surface area (Å²) >= 11 is 0. The minimum atomic E-state index is -4.52. The van der Waals surface area contributed by atoms with Crippen LogP contribution in [0.1, 0.15) is 358 Å². The molecule has 4 aromatic rings. The molecule has 9 heteroatoms. The van der Waals surface area contributed by atoms with Crippen LogP contribution in [0.2, 0.25) is 0 Å². The normalized spacial score (nSPS) is 11.8. The van der Waals surface area contributed by atoms with Gasteiger partial charge in [0, 0.05) is 0 Å². The number of hydrogen-bond donors (Lipinski definition) is 0. The maximum absolute atomic E-state index is 12.4. The van der Waals surface area contributed by atoms with Gasteiger partial charge in [0.1, 0.15) is 20.2 Å². The van der Waals surface area contributed by atoms with E-state index in [1.807, 2.05) is 36.4 Å². The zero-order valence-electron chi connectivity index (χ0n) is 55.5. The Morgan fingerprint density at radius 3 is 0.635 bits per heavy atom. The van der Waals surface area contributed by atoms with E-state index in [1.54, 1.807) is 12.1 Å². The second-order valence-corrected chi connectivity index (χ2v) is 28.3. The zero-order valence-corrected chi connectivity index (χ0v) is 59.4. The van der Waals surface area contributed by atoms with Crippen molar-refractivity contribution in [2.24, 2.45) is 0 Å². The Morgan fingerprint density at radius 2 is 0.435 bits per heavy atom. The van der Waals surface area contributed by atoms with Crippen molar-refractivity contribution in [1.29, 1.82) is 0 Å². The van der Waals surface area contributed by atoms with Gasteiger partial charge in [0.05, 0.1) is 9.79 Å². The van der Waals surface area contributed by atoms with Crippen LogP contribution in [0.4, 0.5) is 0 Å². The number of hydrogen-bond acceptors (Lipinski definition) is 6. The number of fused-ring (bicyclic) bond motifs is 2. The van der Waals surface area contributed by atoms with E-state index in [4.69, 9.17) is 0 Å². The average Bonchev–Trinajstić information content (AvgIpc) is 1.49. The van der Waals surface area contributed by atoms with Gasteiger partial charge in [0.15, 0.2) is 0 Å². The number of aryl methyl sites for hydroxylation is 2. The number of benzene rings is 4. The van der Waals surface area contributed by atoms with Crippen molar-refractivity contribution in [2.75, 3.05) is 0 Å². The summed E-state index contributed by atoms with van der Waals surface area (Å²) in [6.07, 6.45) is 64.9. The van der Waals surface area contributed by atoms with E-state index in [0.717, 1.165) is 108 Å². The Bertz CT molecular complexity index is 2300. The van der Waals surface area contributed by atoms with Crippen LogP contribution < -0.4 is 0 Å². The predicted molar refractivity (Wildman–Crippen MR) is 369 cm³/mol. The van der Waals surface area contributed by atoms with Gasteiger partial charge in [-0.05, 0) is 107 Å². The zero-order chi connectivity index (χ0) is 60.6. The van der Waals surface area contributed by atoms with E-state index in [9.17, 15) is 25.9 Å². The number of rotatable bonds is 54. The quantitative estimate of drug-likeness (QED) is 0.0247. The Kier molecular flexibility index (Phi) is 48.8. The molecule has 4 rings (SSSR count). The molecule has 0 spiro atoms. The Labute approximate surface area is 555 Å². The van der Waals surface area contributed by atoms with Crippen molar-refractivity contribution >= 4 is 79.5 Å². The standard InChI is InChI=1S/2C38H64O3S.Ca/c2*1-3-5-7-9-11-13-15-17-19-21-23-25-31-36-35-30-28-27-29-34(35)33-38(42(39,40)41)37(36)32-26-24-22-20-18-16-14-12-10-8-6-4-2;/h2*27-30,33H,3-26,31-32H2,1-2H3,(H,39,40,41);/q;;+2/p-2. The van der Waals surface area contributed by atoms with Crippen LogP contribution in [0.25, 0.3) is 21.5 Å². The smallest absolute Gasteiger partial charge is 0.744 e. The van der Waals surface area contributed by atoms with Crippen LogP contribution >= 0.6 is 0 Å². The van der Waals surface area contributed by atoms with Crippen molar-refractivity contribution in [3.05, 3.63) is 82.9 Å². The molecule has 0 amide bonds. The Balaban J connectivity index is 0.000000573. The summed E-state index contributed by atoms with van der Waals surface area (Å²) < 4.78 is 74.3. The van der Waals surface area contributed by atoms with E-state index in [2.05, 4.69) is 39.8 Å². The maximum atomic E-state index is 12.4. The minimum Gasteiger partial charge on any atom is -0.744 e. The van der Waals surface area contributed by atoms with Crippen molar-refractivity contribution in [1.82, 2.24) is 0 Å². The first kappa shape index (κ1) is 79.6. The summed E-state index contributed by atoms with van der Waals surface area (Å²) in [5, 5.41) is 4.00. The van der Waals surface area contributed by atoms with Gasteiger partial charge in [-0.2, -0.15) is 0 Å². The third-order valence-electron chi connectivity index (χ3n) is 18.1. The molecule has 0 bridgehead atoms. The molecule has 0 fully saturated rings.